The van der Waals surface area contributed by atoms with Gasteiger partial charge in [0, 0.05) is 18.0 Å². The summed E-state index contributed by atoms with van der Waals surface area (Å²) in [7, 11) is 1.50. The van der Waals surface area contributed by atoms with E-state index >= 15 is 0 Å². The maximum atomic E-state index is 10.8. The zero-order valence-corrected chi connectivity index (χ0v) is 10.7. The van der Waals surface area contributed by atoms with Crippen LogP contribution >= 0.6 is 11.6 Å². The van der Waals surface area contributed by atoms with Gasteiger partial charge >= 0.3 is 5.97 Å². The number of hydrogen-bond donors (Lipinski definition) is 2. The van der Waals surface area contributed by atoms with Crippen LogP contribution in [0.3, 0.4) is 0 Å². The Balaban J connectivity index is 2.23. The van der Waals surface area contributed by atoms with E-state index in [2.05, 4.69) is 15.3 Å². The zero-order chi connectivity index (χ0) is 13.8. The number of carboxylic acid groups (broad SMARTS) is 1. The van der Waals surface area contributed by atoms with Gasteiger partial charge in [-0.05, 0) is 18.2 Å². The van der Waals surface area contributed by atoms with E-state index < -0.39 is 5.97 Å². The van der Waals surface area contributed by atoms with Crippen molar-refractivity contribution in [2.45, 2.75) is 0 Å². The molecule has 0 aliphatic rings. The number of nitrogens with one attached hydrogen (secondary N) is 1. The number of methoxy groups -OCH3 is 1. The monoisotopic (exact) mass is 279 g/mol. The van der Waals surface area contributed by atoms with Gasteiger partial charge in [-0.15, -0.1) is 0 Å². The standard InChI is InChI=1S/C12H10ClN3O3/c1-19-10-4-5-14-12(16-10)15-7-2-3-8(11(17)18)9(13)6-7/h2-6H,1H3,(H,17,18)(H,14,15,16). The van der Waals surface area contributed by atoms with Gasteiger partial charge in [0.15, 0.2) is 0 Å². The Kier molecular flexibility index (Phi) is 3.82. The number of carboxylic acids is 1. The Hall–Kier alpha value is -2.34. The highest BCUT2D eigenvalue weighted by atomic mass is 35.5. The number of anilines is 2. The number of aromatic carboxylic acids is 1. The lowest BCUT2D eigenvalue weighted by Gasteiger charge is -2.07. The summed E-state index contributed by atoms with van der Waals surface area (Å²) < 4.78 is 4.97. The topological polar surface area (TPSA) is 84.3 Å². The summed E-state index contributed by atoms with van der Waals surface area (Å²) in [5.41, 5.74) is 0.627. The Labute approximate surface area is 114 Å². The molecule has 2 rings (SSSR count). The van der Waals surface area contributed by atoms with Crippen molar-refractivity contribution in [1.82, 2.24) is 9.97 Å². The first-order valence-corrected chi connectivity index (χ1v) is 5.65. The largest absolute Gasteiger partial charge is 0.481 e. The molecule has 2 N–H and O–H groups in total. The van der Waals surface area contributed by atoms with E-state index in [9.17, 15) is 4.79 Å². The SMILES string of the molecule is COc1ccnc(Nc2ccc(C(=O)O)c(Cl)c2)n1. The molecule has 0 fully saturated rings. The third-order valence-corrected chi connectivity index (χ3v) is 2.61. The predicted octanol–water partition coefficient (Wildman–Crippen LogP) is 2.58. The summed E-state index contributed by atoms with van der Waals surface area (Å²) in [5.74, 6) is -0.321. The van der Waals surface area contributed by atoms with E-state index in [1.807, 2.05) is 0 Å². The Morgan fingerprint density at radius 1 is 1.42 bits per heavy atom. The first-order chi connectivity index (χ1) is 9.10. The van der Waals surface area contributed by atoms with Crippen molar-refractivity contribution in [3.8, 4) is 5.88 Å². The Bertz CT molecular complexity index is 619. The molecule has 1 heterocycles. The van der Waals surface area contributed by atoms with Gasteiger partial charge in [0.2, 0.25) is 11.8 Å². The van der Waals surface area contributed by atoms with Gasteiger partial charge in [-0.1, -0.05) is 11.6 Å². The molecule has 0 spiro atoms. The summed E-state index contributed by atoms with van der Waals surface area (Å²) in [6.07, 6.45) is 1.54. The van der Waals surface area contributed by atoms with Gasteiger partial charge < -0.3 is 15.2 Å². The minimum Gasteiger partial charge on any atom is -0.481 e. The fourth-order valence-electron chi connectivity index (χ4n) is 1.41. The number of carbonyl (C=O) groups is 1. The molecule has 1 aromatic carbocycles. The van der Waals surface area contributed by atoms with Gasteiger partial charge in [0.25, 0.3) is 0 Å². The second kappa shape index (κ2) is 5.53. The molecule has 0 aliphatic carbocycles. The average Bonchev–Trinajstić information content (AvgIpc) is 2.38. The zero-order valence-electron chi connectivity index (χ0n) is 9.92. The molecule has 0 aliphatic heterocycles. The quantitative estimate of drug-likeness (QED) is 0.895. The molecule has 0 unspecified atom stereocenters. The minimum atomic E-state index is -1.07. The van der Waals surface area contributed by atoms with Crippen LogP contribution in [0.4, 0.5) is 11.6 Å². The van der Waals surface area contributed by atoms with Crippen LogP contribution in [-0.4, -0.2) is 28.2 Å². The third-order valence-electron chi connectivity index (χ3n) is 2.29. The van der Waals surface area contributed by atoms with Crippen molar-refractivity contribution < 1.29 is 14.6 Å². The van der Waals surface area contributed by atoms with Gasteiger partial charge in [-0.2, -0.15) is 4.98 Å². The van der Waals surface area contributed by atoms with Crippen LogP contribution < -0.4 is 10.1 Å². The van der Waals surface area contributed by atoms with Crippen LogP contribution in [0.15, 0.2) is 30.5 Å². The number of hydrogen-bond acceptors (Lipinski definition) is 5. The highest BCUT2D eigenvalue weighted by Gasteiger charge is 2.09. The first-order valence-electron chi connectivity index (χ1n) is 5.27. The second-order valence-corrected chi connectivity index (χ2v) is 3.95. The van der Waals surface area contributed by atoms with Gasteiger partial charge in [0.1, 0.15) is 0 Å². The fourth-order valence-corrected chi connectivity index (χ4v) is 1.67. The molecule has 0 saturated carbocycles. The summed E-state index contributed by atoms with van der Waals surface area (Å²) >= 11 is 5.86. The maximum Gasteiger partial charge on any atom is 0.337 e. The lowest BCUT2D eigenvalue weighted by Crippen LogP contribution is -2.01. The van der Waals surface area contributed by atoms with Crippen molar-refractivity contribution >= 4 is 29.2 Å². The second-order valence-electron chi connectivity index (χ2n) is 3.55. The average molecular weight is 280 g/mol. The predicted molar refractivity (Wildman–Crippen MR) is 70.3 cm³/mol. The summed E-state index contributed by atoms with van der Waals surface area (Å²) in [4.78, 5) is 18.9. The number of ether oxygens (including phenoxy) is 1. The van der Waals surface area contributed by atoms with E-state index in [0.29, 0.717) is 17.5 Å². The minimum absolute atomic E-state index is 0.0405. The normalized spacial score (nSPS) is 10.0. The van der Waals surface area contributed by atoms with Crippen molar-refractivity contribution in [2.24, 2.45) is 0 Å². The van der Waals surface area contributed by atoms with Crippen molar-refractivity contribution in [1.29, 1.82) is 0 Å². The number of rotatable bonds is 4. The van der Waals surface area contributed by atoms with Gasteiger partial charge in [0.05, 0.1) is 17.7 Å². The van der Waals surface area contributed by atoms with E-state index in [1.165, 1.54) is 19.2 Å². The summed E-state index contributed by atoms with van der Waals surface area (Å²) in [5, 5.41) is 11.9. The highest BCUT2D eigenvalue weighted by molar-refractivity contribution is 6.33. The van der Waals surface area contributed by atoms with E-state index in [1.54, 1.807) is 18.3 Å². The number of halogens is 1. The van der Waals surface area contributed by atoms with E-state index in [0.717, 1.165) is 0 Å². The Morgan fingerprint density at radius 3 is 2.84 bits per heavy atom. The number of aromatic nitrogens is 2. The third kappa shape index (κ3) is 3.11. The van der Waals surface area contributed by atoms with Gasteiger partial charge in [-0.25, -0.2) is 9.78 Å². The molecule has 98 valence electrons. The number of benzene rings is 1. The molecule has 0 radical (unpaired) electrons. The highest BCUT2D eigenvalue weighted by Crippen LogP contribution is 2.23. The van der Waals surface area contributed by atoms with Crippen LogP contribution in [0.5, 0.6) is 5.88 Å². The van der Waals surface area contributed by atoms with Gasteiger partial charge in [-0.3, -0.25) is 0 Å². The van der Waals surface area contributed by atoms with Crippen molar-refractivity contribution in [2.75, 3.05) is 12.4 Å². The van der Waals surface area contributed by atoms with Crippen LogP contribution in [0.2, 0.25) is 5.02 Å². The van der Waals surface area contributed by atoms with Crippen LogP contribution in [-0.2, 0) is 0 Å². The molecule has 2 aromatic rings. The molecular formula is C12H10ClN3O3. The van der Waals surface area contributed by atoms with Crippen molar-refractivity contribution in [3.63, 3.8) is 0 Å². The first kappa shape index (κ1) is 13.1. The maximum absolute atomic E-state index is 10.8. The fraction of sp³-hybridized carbons (Fsp3) is 0.0833. The smallest absolute Gasteiger partial charge is 0.337 e. The van der Waals surface area contributed by atoms with Crippen LogP contribution in [0.25, 0.3) is 0 Å². The lowest BCUT2D eigenvalue weighted by molar-refractivity contribution is 0.0697. The lowest BCUT2D eigenvalue weighted by atomic mass is 10.2. The van der Waals surface area contributed by atoms with Crippen LogP contribution in [0.1, 0.15) is 10.4 Å². The molecule has 0 amide bonds. The molecule has 0 saturated heterocycles. The molecular weight excluding hydrogens is 270 g/mol. The van der Waals surface area contributed by atoms with E-state index in [-0.39, 0.29) is 10.6 Å². The molecule has 19 heavy (non-hydrogen) atoms. The summed E-state index contributed by atoms with van der Waals surface area (Å²) in [6, 6.07) is 6.10. The van der Waals surface area contributed by atoms with Crippen LogP contribution in [0, 0.1) is 0 Å². The molecule has 1 aromatic heterocycles. The molecule has 0 atom stereocenters. The van der Waals surface area contributed by atoms with Crippen molar-refractivity contribution in [3.05, 3.63) is 41.0 Å². The number of nitrogens with zero attached hydrogens (tertiary/aromatic N) is 2. The molecule has 6 nitrogen and oxygen atoms in total. The van der Waals surface area contributed by atoms with E-state index in [4.69, 9.17) is 21.4 Å². The molecule has 7 heteroatoms. The molecule has 0 bridgehead atoms. The Morgan fingerprint density at radius 2 is 2.21 bits per heavy atom. The summed E-state index contributed by atoms with van der Waals surface area (Å²) in [6.45, 7) is 0.